The van der Waals surface area contributed by atoms with E-state index in [9.17, 15) is 14.4 Å². The summed E-state index contributed by atoms with van der Waals surface area (Å²) in [7, 11) is 0. The number of esters is 1. The number of rotatable bonds is 7. The smallest absolute Gasteiger partial charge is 0.410 e. The molecule has 1 fully saturated rings. The molecule has 3 rings (SSSR count). The summed E-state index contributed by atoms with van der Waals surface area (Å²) >= 11 is 0. The fraction of sp³-hybridized carbons (Fsp3) is 0.444. The molecule has 1 N–H and O–H groups in total. The maximum Gasteiger partial charge on any atom is 0.410 e. The molecule has 188 valence electrons. The molecular weight excluding hydrogens is 448 g/mol. The summed E-state index contributed by atoms with van der Waals surface area (Å²) in [6.45, 7) is 8.26. The number of carbonyl (C=O) groups excluding carboxylic acids is 3. The van der Waals surface area contributed by atoms with Gasteiger partial charge in [-0.15, -0.1) is 0 Å². The van der Waals surface area contributed by atoms with Gasteiger partial charge in [0.2, 0.25) is 0 Å². The summed E-state index contributed by atoms with van der Waals surface area (Å²) in [4.78, 5) is 38.8. The van der Waals surface area contributed by atoms with E-state index in [4.69, 9.17) is 14.2 Å². The molecule has 0 radical (unpaired) electrons. The highest BCUT2D eigenvalue weighted by atomic mass is 16.6. The van der Waals surface area contributed by atoms with E-state index in [1.54, 1.807) is 36.1 Å². The van der Waals surface area contributed by atoms with Crippen LogP contribution in [-0.4, -0.2) is 47.7 Å². The van der Waals surface area contributed by atoms with Crippen LogP contribution < -0.4 is 10.1 Å². The average Bonchev–Trinajstić information content (AvgIpc) is 2.83. The van der Waals surface area contributed by atoms with Crippen LogP contribution in [0.1, 0.15) is 46.1 Å². The first kappa shape index (κ1) is 26.1. The third-order valence-electron chi connectivity index (χ3n) is 5.51. The van der Waals surface area contributed by atoms with Crippen LogP contribution >= 0.6 is 0 Å². The largest absolute Gasteiger partial charge is 0.489 e. The number of benzene rings is 2. The lowest BCUT2D eigenvalue weighted by molar-refractivity contribution is -0.158. The third-order valence-corrected chi connectivity index (χ3v) is 5.51. The molecule has 0 bridgehead atoms. The molecular formula is C27H34N2O6. The van der Waals surface area contributed by atoms with E-state index in [1.165, 1.54) is 0 Å². The Labute approximate surface area is 206 Å². The van der Waals surface area contributed by atoms with Crippen LogP contribution in [0.5, 0.6) is 5.75 Å². The quantitative estimate of drug-likeness (QED) is 0.571. The van der Waals surface area contributed by atoms with Crippen LogP contribution in [0.3, 0.4) is 0 Å². The van der Waals surface area contributed by atoms with Crippen molar-refractivity contribution in [1.82, 2.24) is 4.90 Å². The van der Waals surface area contributed by atoms with Gasteiger partial charge >= 0.3 is 12.1 Å². The molecule has 1 heterocycles. The number of carbonyl (C=O) groups is 3. The minimum Gasteiger partial charge on any atom is -0.489 e. The molecule has 0 aromatic heterocycles. The van der Waals surface area contributed by atoms with Crippen molar-refractivity contribution in [3.05, 3.63) is 60.2 Å². The second-order valence-electron chi connectivity index (χ2n) is 9.61. The van der Waals surface area contributed by atoms with E-state index in [2.05, 4.69) is 5.32 Å². The first-order valence-corrected chi connectivity index (χ1v) is 11.9. The summed E-state index contributed by atoms with van der Waals surface area (Å²) < 4.78 is 16.5. The van der Waals surface area contributed by atoms with Crippen molar-refractivity contribution in [2.75, 3.05) is 18.4 Å². The number of hydrogen-bond acceptors (Lipinski definition) is 6. The monoisotopic (exact) mass is 482 g/mol. The minimum absolute atomic E-state index is 0.356. The van der Waals surface area contributed by atoms with Gasteiger partial charge in [0.05, 0.1) is 5.92 Å². The summed E-state index contributed by atoms with van der Waals surface area (Å²) in [5.74, 6) is -0.516. The maximum absolute atomic E-state index is 12.6. The second kappa shape index (κ2) is 11.7. The van der Waals surface area contributed by atoms with Crippen molar-refractivity contribution < 1.29 is 28.6 Å². The highest BCUT2D eigenvalue weighted by molar-refractivity contribution is 5.95. The first-order valence-electron chi connectivity index (χ1n) is 11.9. The van der Waals surface area contributed by atoms with Crippen LogP contribution in [0.25, 0.3) is 0 Å². The van der Waals surface area contributed by atoms with E-state index in [-0.39, 0.29) is 12.0 Å². The molecule has 1 saturated heterocycles. The zero-order valence-electron chi connectivity index (χ0n) is 20.8. The molecule has 1 atom stereocenters. The van der Waals surface area contributed by atoms with Crippen molar-refractivity contribution in [2.24, 2.45) is 5.92 Å². The maximum atomic E-state index is 12.6. The lowest BCUT2D eigenvalue weighted by Gasteiger charge is -2.32. The number of piperidine rings is 1. The minimum atomic E-state index is -0.944. The number of anilines is 1. The number of nitrogens with one attached hydrogen (secondary N) is 1. The lowest BCUT2D eigenvalue weighted by Crippen LogP contribution is -2.43. The predicted molar refractivity (Wildman–Crippen MR) is 132 cm³/mol. The Hall–Kier alpha value is -3.55. The number of ether oxygens (including phenoxy) is 3. The Morgan fingerprint density at radius 1 is 1.00 bits per heavy atom. The van der Waals surface area contributed by atoms with Crippen LogP contribution in [0.4, 0.5) is 10.5 Å². The summed E-state index contributed by atoms with van der Waals surface area (Å²) in [6, 6.07) is 16.9. The van der Waals surface area contributed by atoms with Crippen molar-refractivity contribution in [2.45, 2.75) is 58.8 Å². The lowest BCUT2D eigenvalue weighted by atomic mass is 9.97. The van der Waals surface area contributed by atoms with Crippen LogP contribution in [0.2, 0.25) is 0 Å². The standard InChI is InChI=1S/C27H34N2O6/c1-19(34-25(31)21-14-16-29(17-15-21)26(32)35-27(2,3)4)24(30)28-22-10-12-23(13-11-22)33-18-20-8-6-5-7-9-20/h5-13,19,21H,14-18H2,1-4H3,(H,28,30). The molecule has 1 aliphatic rings. The highest BCUT2D eigenvalue weighted by Crippen LogP contribution is 2.22. The molecule has 0 aliphatic carbocycles. The van der Waals surface area contributed by atoms with E-state index >= 15 is 0 Å². The first-order chi connectivity index (χ1) is 16.6. The van der Waals surface area contributed by atoms with E-state index in [1.807, 2.05) is 51.1 Å². The summed E-state index contributed by atoms with van der Waals surface area (Å²) in [6.07, 6.45) is -0.387. The van der Waals surface area contributed by atoms with Gasteiger partial charge in [-0.05, 0) is 70.4 Å². The van der Waals surface area contributed by atoms with E-state index in [0.29, 0.717) is 44.0 Å². The summed E-state index contributed by atoms with van der Waals surface area (Å²) in [5, 5.41) is 2.75. The summed E-state index contributed by atoms with van der Waals surface area (Å²) in [5.41, 5.74) is 1.08. The molecule has 2 aromatic rings. The fourth-order valence-corrected chi connectivity index (χ4v) is 3.57. The predicted octanol–water partition coefficient (Wildman–Crippen LogP) is 4.78. The SMILES string of the molecule is CC(OC(=O)C1CCN(C(=O)OC(C)(C)C)CC1)C(=O)Nc1ccc(OCc2ccccc2)cc1. The Kier molecular flexibility index (Phi) is 8.73. The molecule has 35 heavy (non-hydrogen) atoms. The van der Waals surface area contributed by atoms with Crippen molar-refractivity contribution in [3.8, 4) is 5.75 Å². The van der Waals surface area contributed by atoms with Crippen LogP contribution in [0.15, 0.2) is 54.6 Å². The number of likely N-dealkylation sites (tertiary alicyclic amines) is 1. The highest BCUT2D eigenvalue weighted by Gasteiger charge is 2.32. The molecule has 2 aromatic carbocycles. The van der Waals surface area contributed by atoms with Gasteiger partial charge in [0.15, 0.2) is 6.10 Å². The molecule has 2 amide bonds. The Bertz CT molecular complexity index is 993. The number of nitrogens with zero attached hydrogens (tertiary/aromatic N) is 1. The van der Waals surface area contributed by atoms with Crippen molar-refractivity contribution in [1.29, 1.82) is 0 Å². The fourth-order valence-electron chi connectivity index (χ4n) is 3.57. The van der Waals surface area contributed by atoms with Gasteiger partial charge in [0.1, 0.15) is 18.0 Å². The Morgan fingerprint density at radius 3 is 2.23 bits per heavy atom. The van der Waals surface area contributed by atoms with Crippen LogP contribution in [0, 0.1) is 5.92 Å². The van der Waals surface area contributed by atoms with Gasteiger partial charge < -0.3 is 24.4 Å². The Balaban J connectivity index is 1.41. The topological polar surface area (TPSA) is 94.2 Å². The Morgan fingerprint density at radius 2 is 1.63 bits per heavy atom. The second-order valence-corrected chi connectivity index (χ2v) is 9.61. The molecule has 0 spiro atoms. The van der Waals surface area contributed by atoms with Crippen molar-refractivity contribution in [3.63, 3.8) is 0 Å². The molecule has 8 heteroatoms. The third kappa shape index (κ3) is 8.31. The normalized spacial score (nSPS) is 15.1. The molecule has 1 unspecified atom stereocenters. The van der Waals surface area contributed by atoms with Crippen molar-refractivity contribution >= 4 is 23.7 Å². The molecule has 1 aliphatic heterocycles. The van der Waals surface area contributed by atoms with Gasteiger partial charge in [-0.3, -0.25) is 9.59 Å². The zero-order chi connectivity index (χ0) is 25.4. The van der Waals surface area contributed by atoms with Gasteiger partial charge in [0, 0.05) is 18.8 Å². The molecule has 0 saturated carbocycles. The number of amides is 2. The number of hydrogen-bond donors (Lipinski definition) is 1. The molecule has 8 nitrogen and oxygen atoms in total. The van der Waals surface area contributed by atoms with Gasteiger partial charge in [-0.2, -0.15) is 0 Å². The van der Waals surface area contributed by atoms with Gasteiger partial charge in [0.25, 0.3) is 5.91 Å². The zero-order valence-corrected chi connectivity index (χ0v) is 20.8. The van der Waals surface area contributed by atoms with E-state index in [0.717, 1.165) is 5.56 Å². The average molecular weight is 483 g/mol. The van der Waals surface area contributed by atoms with Gasteiger partial charge in [-0.1, -0.05) is 30.3 Å². The van der Waals surface area contributed by atoms with E-state index < -0.39 is 23.6 Å². The van der Waals surface area contributed by atoms with Gasteiger partial charge in [-0.25, -0.2) is 4.79 Å². The van der Waals surface area contributed by atoms with Crippen LogP contribution in [-0.2, 0) is 25.7 Å².